The first-order valence-corrected chi connectivity index (χ1v) is 9.82. The first-order chi connectivity index (χ1) is 14.4. The van der Waals surface area contributed by atoms with Crippen molar-refractivity contribution in [2.24, 2.45) is 0 Å². The van der Waals surface area contributed by atoms with Crippen LogP contribution in [0.3, 0.4) is 0 Å². The Morgan fingerprint density at radius 1 is 0.767 bits per heavy atom. The number of ether oxygens (including phenoxy) is 1. The van der Waals surface area contributed by atoms with Crippen LogP contribution in [0.15, 0.2) is 48.5 Å². The maximum absolute atomic E-state index is 12.3. The van der Waals surface area contributed by atoms with Crippen molar-refractivity contribution >= 4 is 34.8 Å². The molecule has 0 aliphatic heterocycles. The molecule has 30 heavy (non-hydrogen) atoms. The smallest absolute Gasteiger partial charge is 0.238 e. The molecule has 0 aliphatic rings. The number of amides is 3. The normalized spacial score (nSPS) is 10.4. The zero-order chi connectivity index (χ0) is 21.9. The summed E-state index contributed by atoms with van der Waals surface area (Å²) in [6, 6.07) is 14.0. The molecule has 3 amide bonds. The topological polar surface area (TPSA) is 99.8 Å². The van der Waals surface area contributed by atoms with Crippen molar-refractivity contribution in [2.75, 3.05) is 42.2 Å². The van der Waals surface area contributed by atoms with E-state index in [9.17, 15) is 14.4 Å². The van der Waals surface area contributed by atoms with Gasteiger partial charge in [0.1, 0.15) is 5.75 Å². The van der Waals surface area contributed by atoms with E-state index in [1.807, 2.05) is 13.8 Å². The Morgan fingerprint density at radius 2 is 1.20 bits per heavy atom. The predicted octanol–water partition coefficient (Wildman–Crippen LogP) is 2.94. The molecule has 0 saturated heterocycles. The third-order valence-corrected chi connectivity index (χ3v) is 4.12. The molecule has 0 unspecified atom stereocenters. The second-order valence-corrected chi connectivity index (χ2v) is 6.62. The van der Waals surface area contributed by atoms with Gasteiger partial charge in [-0.25, -0.2) is 0 Å². The van der Waals surface area contributed by atoms with Crippen LogP contribution in [0.4, 0.5) is 17.1 Å². The Morgan fingerprint density at radius 3 is 1.60 bits per heavy atom. The molecule has 0 radical (unpaired) electrons. The van der Waals surface area contributed by atoms with Crippen molar-refractivity contribution in [3.8, 4) is 5.75 Å². The third kappa shape index (κ3) is 7.92. The zero-order valence-corrected chi connectivity index (χ0v) is 17.5. The second kappa shape index (κ2) is 11.6. The quantitative estimate of drug-likeness (QED) is 0.557. The van der Waals surface area contributed by atoms with Crippen molar-refractivity contribution in [2.45, 2.75) is 20.8 Å². The minimum absolute atomic E-state index is 0.0840. The van der Waals surface area contributed by atoms with Crippen LogP contribution in [-0.4, -0.2) is 48.9 Å². The minimum Gasteiger partial charge on any atom is -0.494 e. The van der Waals surface area contributed by atoms with E-state index < -0.39 is 0 Å². The standard InChI is InChI=1S/C22H28N4O4/c1-4-26(15-22(29)25-19-10-12-20(13-11-19)30-5-2)14-21(28)24-18-8-6-17(7-9-18)23-16(3)27/h6-13H,4-5,14-15H2,1-3H3,(H,23,27)(H,24,28)(H,25,29). The van der Waals surface area contributed by atoms with Gasteiger partial charge in [0.25, 0.3) is 0 Å². The van der Waals surface area contributed by atoms with Crippen molar-refractivity contribution in [1.29, 1.82) is 0 Å². The van der Waals surface area contributed by atoms with Gasteiger partial charge >= 0.3 is 0 Å². The van der Waals surface area contributed by atoms with Crippen molar-refractivity contribution in [1.82, 2.24) is 4.90 Å². The lowest BCUT2D eigenvalue weighted by Gasteiger charge is -2.19. The van der Waals surface area contributed by atoms with E-state index in [1.54, 1.807) is 53.4 Å². The molecule has 2 aromatic carbocycles. The average Bonchev–Trinajstić information content (AvgIpc) is 2.70. The van der Waals surface area contributed by atoms with Gasteiger partial charge in [-0.2, -0.15) is 0 Å². The molecule has 2 aromatic rings. The monoisotopic (exact) mass is 412 g/mol. The molecule has 0 atom stereocenters. The maximum atomic E-state index is 12.3. The van der Waals surface area contributed by atoms with Gasteiger partial charge in [-0.15, -0.1) is 0 Å². The SMILES string of the molecule is CCOc1ccc(NC(=O)CN(CC)CC(=O)Nc2ccc(NC(C)=O)cc2)cc1. The highest BCUT2D eigenvalue weighted by atomic mass is 16.5. The third-order valence-electron chi connectivity index (χ3n) is 4.12. The molecule has 3 N–H and O–H groups in total. The molecule has 0 heterocycles. The van der Waals surface area contributed by atoms with Crippen LogP contribution in [0, 0.1) is 0 Å². The predicted molar refractivity (Wildman–Crippen MR) is 118 cm³/mol. The van der Waals surface area contributed by atoms with Gasteiger partial charge < -0.3 is 20.7 Å². The van der Waals surface area contributed by atoms with Gasteiger partial charge in [0.05, 0.1) is 19.7 Å². The summed E-state index contributed by atoms with van der Waals surface area (Å²) >= 11 is 0. The first-order valence-electron chi connectivity index (χ1n) is 9.82. The van der Waals surface area contributed by atoms with Crippen LogP contribution in [0.25, 0.3) is 0 Å². The van der Waals surface area contributed by atoms with Crippen LogP contribution in [-0.2, 0) is 14.4 Å². The molecule has 0 fully saturated rings. The Kier molecular flexibility index (Phi) is 8.83. The molecule has 0 aliphatic carbocycles. The summed E-state index contributed by atoms with van der Waals surface area (Å²) in [5.74, 6) is 0.160. The summed E-state index contributed by atoms with van der Waals surface area (Å²) in [6.07, 6.45) is 0. The number of nitrogens with one attached hydrogen (secondary N) is 3. The molecular weight excluding hydrogens is 384 g/mol. The Bertz CT molecular complexity index is 850. The number of likely N-dealkylation sites (N-methyl/N-ethyl adjacent to an activating group) is 1. The zero-order valence-electron chi connectivity index (χ0n) is 17.5. The van der Waals surface area contributed by atoms with E-state index in [4.69, 9.17) is 4.74 Å². The number of rotatable bonds is 10. The van der Waals surface area contributed by atoms with E-state index in [1.165, 1.54) is 6.92 Å². The van der Waals surface area contributed by atoms with Crippen LogP contribution >= 0.6 is 0 Å². The van der Waals surface area contributed by atoms with Gasteiger partial charge in [0.2, 0.25) is 17.7 Å². The van der Waals surface area contributed by atoms with Gasteiger partial charge in [0, 0.05) is 24.0 Å². The summed E-state index contributed by atoms with van der Waals surface area (Å²) in [4.78, 5) is 37.4. The second-order valence-electron chi connectivity index (χ2n) is 6.62. The minimum atomic E-state index is -0.224. The molecule has 2 rings (SSSR count). The lowest BCUT2D eigenvalue weighted by molar-refractivity contribution is -0.120. The lowest BCUT2D eigenvalue weighted by Crippen LogP contribution is -2.38. The summed E-state index contributed by atoms with van der Waals surface area (Å²) in [7, 11) is 0. The highest BCUT2D eigenvalue weighted by Gasteiger charge is 2.14. The number of hydrogen-bond donors (Lipinski definition) is 3. The highest BCUT2D eigenvalue weighted by Crippen LogP contribution is 2.16. The molecule has 0 aromatic heterocycles. The molecule has 8 nitrogen and oxygen atoms in total. The molecule has 0 bridgehead atoms. The van der Waals surface area contributed by atoms with E-state index in [-0.39, 0.29) is 30.8 Å². The van der Waals surface area contributed by atoms with Gasteiger partial charge in [-0.05, 0) is 62.0 Å². The fourth-order valence-electron chi connectivity index (χ4n) is 2.73. The summed E-state index contributed by atoms with van der Waals surface area (Å²) in [5, 5.41) is 8.27. The Balaban J connectivity index is 1.82. The summed E-state index contributed by atoms with van der Waals surface area (Å²) in [5.41, 5.74) is 1.94. The van der Waals surface area contributed by atoms with E-state index >= 15 is 0 Å². The van der Waals surface area contributed by atoms with Crippen LogP contribution < -0.4 is 20.7 Å². The van der Waals surface area contributed by atoms with Gasteiger partial charge in [-0.3, -0.25) is 19.3 Å². The van der Waals surface area contributed by atoms with Crippen molar-refractivity contribution in [3.05, 3.63) is 48.5 Å². The van der Waals surface area contributed by atoms with Crippen LogP contribution in [0.2, 0.25) is 0 Å². The molecule has 0 saturated carbocycles. The number of benzene rings is 2. The van der Waals surface area contributed by atoms with E-state index in [2.05, 4.69) is 16.0 Å². The van der Waals surface area contributed by atoms with Gasteiger partial charge in [0.15, 0.2) is 0 Å². The van der Waals surface area contributed by atoms with Crippen molar-refractivity contribution in [3.63, 3.8) is 0 Å². The Hall–Kier alpha value is -3.39. The van der Waals surface area contributed by atoms with Crippen LogP contribution in [0.1, 0.15) is 20.8 Å². The van der Waals surface area contributed by atoms with Crippen molar-refractivity contribution < 1.29 is 19.1 Å². The molecule has 8 heteroatoms. The van der Waals surface area contributed by atoms with Crippen LogP contribution in [0.5, 0.6) is 5.75 Å². The van der Waals surface area contributed by atoms with E-state index in [0.29, 0.717) is 30.2 Å². The number of anilines is 3. The first kappa shape index (κ1) is 22.9. The molecular formula is C22H28N4O4. The van der Waals surface area contributed by atoms with Gasteiger partial charge in [-0.1, -0.05) is 6.92 Å². The number of hydrogen-bond acceptors (Lipinski definition) is 5. The average molecular weight is 412 g/mol. The highest BCUT2D eigenvalue weighted by molar-refractivity contribution is 5.95. The number of nitrogens with zero attached hydrogens (tertiary/aromatic N) is 1. The largest absolute Gasteiger partial charge is 0.494 e. The van der Waals surface area contributed by atoms with E-state index in [0.717, 1.165) is 5.75 Å². The molecule has 160 valence electrons. The molecule has 0 spiro atoms. The number of carbonyl (C=O) groups is 3. The lowest BCUT2D eigenvalue weighted by atomic mass is 10.2. The summed E-state index contributed by atoms with van der Waals surface area (Å²) in [6.45, 7) is 6.54. The fraction of sp³-hybridized carbons (Fsp3) is 0.318. The maximum Gasteiger partial charge on any atom is 0.238 e. The fourth-order valence-corrected chi connectivity index (χ4v) is 2.73. The Labute approximate surface area is 176 Å². The number of carbonyl (C=O) groups excluding carboxylic acids is 3. The summed E-state index contributed by atoms with van der Waals surface area (Å²) < 4.78 is 5.38.